The van der Waals surface area contributed by atoms with Crippen molar-refractivity contribution in [3.05, 3.63) is 18.2 Å². The smallest absolute Gasteiger partial charge is 0.0951 e. The molecular weight excluding hydrogens is 224 g/mol. The third kappa shape index (κ3) is 2.93. The van der Waals surface area contributed by atoms with Gasteiger partial charge >= 0.3 is 0 Å². The minimum absolute atomic E-state index is 0.743. The van der Waals surface area contributed by atoms with Crippen molar-refractivity contribution in [1.29, 1.82) is 0 Å². The number of imidazole rings is 1. The van der Waals surface area contributed by atoms with Gasteiger partial charge in [0.1, 0.15) is 0 Å². The van der Waals surface area contributed by atoms with E-state index < -0.39 is 0 Å². The average molecular weight is 248 g/mol. The summed E-state index contributed by atoms with van der Waals surface area (Å²) in [6.45, 7) is 4.62. The van der Waals surface area contributed by atoms with Gasteiger partial charge in [0.05, 0.1) is 12.0 Å². The average Bonchev–Trinajstić information content (AvgIpc) is 3.12. The molecule has 0 amide bonds. The molecule has 1 saturated carbocycles. The first kappa shape index (κ1) is 12.2. The number of hydrogen-bond donors (Lipinski definition) is 1. The molecule has 3 rings (SSSR count). The second-order valence-corrected chi connectivity index (χ2v) is 5.93. The largest absolute Gasteiger partial charge is 0.330 e. The Morgan fingerprint density at radius 3 is 3.06 bits per heavy atom. The van der Waals surface area contributed by atoms with Crippen LogP contribution in [0.25, 0.3) is 0 Å². The summed E-state index contributed by atoms with van der Waals surface area (Å²) in [5, 5.41) is 3.49. The van der Waals surface area contributed by atoms with Gasteiger partial charge in [0.25, 0.3) is 0 Å². The molecule has 1 aliphatic heterocycles. The summed E-state index contributed by atoms with van der Waals surface area (Å²) in [5.74, 6) is 0.820. The lowest BCUT2D eigenvalue weighted by atomic mass is 9.99. The number of nitrogens with one attached hydrogen (secondary N) is 1. The molecule has 1 N–H and O–H groups in total. The number of hydrogen-bond acceptors (Lipinski definition) is 3. The Bertz CT molecular complexity index is 377. The Labute approximate surface area is 109 Å². The van der Waals surface area contributed by atoms with Crippen molar-refractivity contribution < 1.29 is 0 Å². The molecule has 100 valence electrons. The molecule has 2 aliphatic rings. The van der Waals surface area contributed by atoms with Crippen LogP contribution >= 0.6 is 0 Å². The second-order valence-electron chi connectivity index (χ2n) is 5.93. The summed E-state index contributed by atoms with van der Waals surface area (Å²) in [5.41, 5.74) is 1.38. The fourth-order valence-electron chi connectivity index (χ4n) is 3.00. The molecular formula is C14H24N4. The summed E-state index contributed by atoms with van der Waals surface area (Å²) in [4.78, 5) is 6.76. The number of aromatic nitrogens is 2. The van der Waals surface area contributed by atoms with Gasteiger partial charge in [-0.1, -0.05) is 0 Å². The maximum absolute atomic E-state index is 4.31. The van der Waals surface area contributed by atoms with Crippen LogP contribution in [0.1, 0.15) is 37.4 Å². The van der Waals surface area contributed by atoms with Gasteiger partial charge in [-0.3, -0.25) is 0 Å². The van der Waals surface area contributed by atoms with Crippen LogP contribution in [-0.2, 0) is 6.54 Å². The van der Waals surface area contributed by atoms with Crippen molar-refractivity contribution in [3.63, 3.8) is 0 Å². The van der Waals surface area contributed by atoms with Crippen LogP contribution in [0.2, 0.25) is 0 Å². The summed E-state index contributed by atoms with van der Waals surface area (Å²) < 4.78 is 2.37. The third-order valence-corrected chi connectivity index (χ3v) is 4.09. The van der Waals surface area contributed by atoms with E-state index in [9.17, 15) is 0 Å². The van der Waals surface area contributed by atoms with Crippen molar-refractivity contribution in [2.45, 2.75) is 38.3 Å². The van der Waals surface area contributed by atoms with E-state index in [1.807, 2.05) is 12.5 Å². The fourth-order valence-corrected chi connectivity index (χ4v) is 3.00. The lowest BCUT2D eigenvalue weighted by Gasteiger charge is -2.27. The zero-order chi connectivity index (χ0) is 12.4. The monoisotopic (exact) mass is 248 g/mol. The molecule has 0 spiro atoms. The second kappa shape index (κ2) is 5.41. The fraction of sp³-hybridized carbons (Fsp3) is 0.786. The molecule has 2 fully saturated rings. The van der Waals surface area contributed by atoms with Crippen LogP contribution in [0.5, 0.6) is 0 Å². The van der Waals surface area contributed by atoms with E-state index in [2.05, 4.69) is 26.8 Å². The quantitative estimate of drug-likeness (QED) is 0.860. The van der Waals surface area contributed by atoms with Crippen LogP contribution in [-0.4, -0.2) is 41.1 Å². The summed E-state index contributed by atoms with van der Waals surface area (Å²) >= 11 is 0. The maximum atomic E-state index is 4.31. The van der Waals surface area contributed by atoms with Crippen molar-refractivity contribution in [2.24, 2.45) is 5.92 Å². The highest BCUT2D eigenvalue weighted by molar-refractivity contribution is 5.03. The molecule has 1 aromatic heterocycles. The van der Waals surface area contributed by atoms with Gasteiger partial charge in [0, 0.05) is 25.3 Å². The van der Waals surface area contributed by atoms with Crippen LogP contribution in [0.15, 0.2) is 12.5 Å². The van der Waals surface area contributed by atoms with Gasteiger partial charge in [-0.2, -0.15) is 0 Å². The summed E-state index contributed by atoms with van der Waals surface area (Å²) in [7, 11) is 2.23. The van der Waals surface area contributed by atoms with Crippen molar-refractivity contribution >= 4 is 0 Å². The van der Waals surface area contributed by atoms with E-state index in [1.54, 1.807) is 0 Å². The molecule has 1 unspecified atom stereocenters. The molecule has 0 radical (unpaired) electrons. The molecule has 1 aliphatic carbocycles. The Morgan fingerprint density at radius 2 is 2.33 bits per heavy atom. The number of nitrogens with zero attached hydrogens (tertiary/aromatic N) is 3. The highest BCUT2D eigenvalue weighted by Crippen LogP contribution is 2.35. The first-order valence-electron chi connectivity index (χ1n) is 7.23. The van der Waals surface area contributed by atoms with Gasteiger partial charge in [-0.25, -0.2) is 4.98 Å². The highest BCUT2D eigenvalue weighted by atomic mass is 15.2. The van der Waals surface area contributed by atoms with Crippen LogP contribution in [0, 0.1) is 5.92 Å². The topological polar surface area (TPSA) is 33.1 Å². The van der Waals surface area contributed by atoms with Crippen LogP contribution in [0.3, 0.4) is 0 Å². The number of piperidine rings is 1. The summed E-state index contributed by atoms with van der Waals surface area (Å²) in [6.07, 6.45) is 9.41. The van der Waals surface area contributed by atoms with E-state index in [0.29, 0.717) is 0 Å². The predicted octanol–water partition coefficient (Wildman–Crippen LogP) is 1.65. The van der Waals surface area contributed by atoms with Gasteiger partial charge in [-0.05, 0) is 51.7 Å². The Hall–Kier alpha value is -0.870. The molecule has 1 atom stereocenters. The SMILES string of the molecule is CN(Cc1cncn1C1CC1)CC1CCCNC1. The normalized spacial score (nSPS) is 24.7. The Morgan fingerprint density at radius 1 is 1.44 bits per heavy atom. The molecule has 0 bridgehead atoms. The molecule has 2 heterocycles. The maximum Gasteiger partial charge on any atom is 0.0951 e. The zero-order valence-electron chi connectivity index (χ0n) is 11.3. The van der Waals surface area contributed by atoms with Gasteiger partial charge < -0.3 is 14.8 Å². The van der Waals surface area contributed by atoms with Crippen LogP contribution < -0.4 is 5.32 Å². The van der Waals surface area contributed by atoms with Crippen molar-refractivity contribution in [1.82, 2.24) is 19.8 Å². The molecule has 1 aromatic rings. The van der Waals surface area contributed by atoms with E-state index in [1.165, 1.54) is 51.0 Å². The minimum Gasteiger partial charge on any atom is -0.330 e. The zero-order valence-corrected chi connectivity index (χ0v) is 11.3. The van der Waals surface area contributed by atoms with Gasteiger partial charge in [0.2, 0.25) is 0 Å². The molecule has 1 saturated heterocycles. The van der Waals surface area contributed by atoms with Crippen LogP contribution in [0.4, 0.5) is 0 Å². The predicted molar refractivity (Wildman–Crippen MR) is 72.4 cm³/mol. The molecule has 0 aromatic carbocycles. The number of rotatable bonds is 5. The Kier molecular flexibility index (Phi) is 3.66. The lowest BCUT2D eigenvalue weighted by molar-refractivity contribution is 0.233. The third-order valence-electron chi connectivity index (χ3n) is 4.09. The van der Waals surface area contributed by atoms with Crippen molar-refractivity contribution in [2.75, 3.05) is 26.7 Å². The molecule has 4 heteroatoms. The van der Waals surface area contributed by atoms with E-state index in [-0.39, 0.29) is 0 Å². The molecule has 4 nitrogen and oxygen atoms in total. The van der Waals surface area contributed by atoms with Gasteiger partial charge in [0.15, 0.2) is 0 Å². The van der Waals surface area contributed by atoms with E-state index >= 15 is 0 Å². The Balaban J connectivity index is 1.53. The van der Waals surface area contributed by atoms with E-state index in [4.69, 9.17) is 0 Å². The minimum atomic E-state index is 0.743. The summed E-state index contributed by atoms with van der Waals surface area (Å²) in [6, 6.07) is 0.743. The van der Waals surface area contributed by atoms with E-state index in [0.717, 1.165) is 18.5 Å². The standard InChI is InChI=1S/C14H24N4/c1-17(9-12-3-2-6-15-7-12)10-14-8-16-11-18(14)13-4-5-13/h8,11-13,15H,2-7,9-10H2,1H3. The highest BCUT2D eigenvalue weighted by Gasteiger charge is 2.25. The first-order chi connectivity index (χ1) is 8.83. The van der Waals surface area contributed by atoms with Gasteiger partial charge in [-0.15, -0.1) is 0 Å². The molecule has 18 heavy (non-hydrogen) atoms. The first-order valence-corrected chi connectivity index (χ1v) is 7.23. The van der Waals surface area contributed by atoms with Crippen molar-refractivity contribution in [3.8, 4) is 0 Å². The lowest BCUT2D eigenvalue weighted by Crippen LogP contribution is -2.36.